The minimum atomic E-state index is -0.276. The summed E-state index contributed by atoms with van der Waals surface area (Å²) in [5, 5.41) is -0.256. The smallest absolute Gasteiger partial charge is 0.293 e. The third-order valence-electron chi connectivity index (χ3n) is 4.85. The number of carbonyl (C=O) groups is 2. The van der Waals surface area contributed by atoms with Crippen LogP contribution in [-0.2, 0) is 11.3 Å². The SMILES string of the molecule is CCC(C)Oc1ccc(/C=C2\SC(=O)N(Cc3ccccc3C)C2=O)cc1OC. The van der Waals surface area contributed by atoms with Gasteiger partial charge in [0.05, 0.1) is 24.7 Å². The predicted molar refractivity (Wildman–Crippen MR) is 116 cm³/mol. The van der Waals surface area contributed by atoms with Crippen LogP contribution >= 0.6 is 11.8 Å². The quantitative estimate of drug-likeness (QED) is 0.570. The van der Waals surface area contributed by atoms with Crippen LogP contribution in [0.1, 0.15) is 37.0 Å². The van der Waals surface area contributed by atoms with Crippen LogP contribution in [0.15, 0.2) is 47.4 Å². The molecular weight excluding hydrogens is 386 g/mol. The molecule has 0 N–H and O–H groups in total. The molecule has 2 aromatic carbocycles. The fourth-order valence-corrected chi connectivity index (χ4v) is 3.76. The molecule has 2 aromatic rings. The molecule has 0 spiro atoms. The van der Waals surface area contributed by atoms with Gasteiger partial charge in [-0.1, -0.05) is 37.3 Å². The van der Waals surface area contributed by atoms with Crippen molar-refractivity contribution in [1.29, 1.82) is 0 Å². The zero-order valence-corrected chi connectivity index (χ0v) is 17.9. The summed E-state index contributed by atoms with van der Waals surface area (Å²) >= 11 is 0.960. The van der Waals surface area contributed by atoms with Crippen LogP contribution in [0, 0.1) is 6.92 Å². The maximum atomic E-state index is 12.8. The van der Waals surface area contributed by atoms with Crippen molar-refractivity contribution in [2.45, 2.75) is 39.8 Å². The van der Waals surface area contributed by atoms with E-state index in [-0.39, 0.29) is 23.8 Å². The highest BCUT2D eigenvalue weighted by atomic mass is 32.2. The van der Waals surface area contributed by atoms with Crippen molar-refractivity contribution < 1.29 is 19.1 Å². The number of ether oxygens (including phenoxy) is 2. The highest BCUT2D eigenvalue weighted by Crippen LogP contribution is 2.35. The maximum absolute atomic E-state index is 12.8. The number of imide groups is 1. The first-order valence-electron chi connectivity index (χ1n) is 9.57. The molecule has 5 nitrogen and oxygen atoms in total. The Morgan fingerprint density at radius 3 is 2.59 bits per heavy atom. The van der Waals surface area contributed by atoms with Gasteiger partial charge >= 0.3 is 0 Å². The maximum Gasteiger partial charge on any atom is 0.293 e. The van der Waals surface area contributed by atoms with Gasteiger partial charge < -0.3 is 9.47 Å². The summed E-state index contributed by atoms with van der Waals surface area (Å²) in [6.07, 6.45) is 2.68. The lowest BCUT2D eigenvalue weighted by Crippen LogP contribution is -2.27. The predicted octanol–water partition coefficient (Wildman–Crippen LogP) is 5.42. The minimum absolute atomic E-state index is 0.0766. The van der Waals surface area contributed by atoms with E-state index < -0.39 is 0 Å². The van der Waals surface area contributed by atoms with Crippen molar-refractivity contribution >= 4 is 29.0 Å². The summed E-state index contributed by atoms with van der Waals surface area (Å²) in [6, 6.07) is 13.3. The van der Waals surface area contributed by atoms with Gasteiger partial charge in [0.1, 0.15) is 0 Å². The Balaban J connectivity index is 1.81. The van der Waals surface area contributed by atoms with Crippen LogP contribution in [0.2, 0.25) is 0 Å². The zero-order valence-electron chi connectivity index (χ0n) is 17.1. The molecule has 3 rings (SSSR count). The number of methoxy groups -OCH3 is 1. The van der Waals surface area contributed by atoms with Gasteiger partial charge in [0, 0.05) is 0 Å². The topological polar surface area (TPSA) is 55.8 Å². The molecule has 1 atom stereocenters. The Morgan fingerprint density at radius 2 is 1.90 bits per heavy atom. The first-order chi connectivity index (χ1) is 13.9. The second-order valence-electron chi connectivity index (χ2n) is 6.94. The van der Waals surface area contributed by atoms with Crippen LogP contribution in [0.3, 0.4) is 0 Å². The van der Waals surface area contributed by atoms with E-state index in [1.54, 1.807) is 13.2 Å². The zero-order chi connectivity index (χ0) is 21.0. The minimum Gasteiger partial charge on any atom is -0.493 e. The van der Waals surface area contributed by atoms with Crippen LogP contribution in [-0.4, -0.2) is 29.3 Å². The molecule has 1 aliphatic rings. The molecular formula is C23H25NO4S. The monoisotopic (exact) mass is 411 g/mol. The molecule has 29 heavy (non-hydrogen) atoms. The molecule has 1 saturated heterocycles. The average molecular weight is 412 g/mol. The molecule has 2 amide bonds. The summed E-state index contributed by atoms with van der Waals surface area (Å²) in [5.41, 5.74) is 2.79. The Morgan fingerprint density at radius 1 is 1.14 bits per heavy atom. The van der Waals surface area contributed by atoms with Crippen molar-refractivity contribution in [1.82, 2.24) is 4.90 Å². The number of hydrogen-bond acceptors (Lipinski definition) is 5. The number of aryl methyl sites for hydroxylation is 1. The van der Waals surface area contributed by atoms with Gasteiger partial charge in [0.25, 0.3) is 11.1 Å². The van der Waals surface area contributed by atoms with Gasteiger partial charge in [0.15, 0.2) is 11.5 Å². The molecule has 1 aliphatic heterocycles. The molecule has 0 saturated carbocycles. The third kappa shape index (κ3) is 4.82. The molecule has 0 bridgehead atoms. The number of hydrogen-bond donors (Lipinski definition) is 0. The standard InChI is InChI=1S/C23H25NO4S/c1-5-16(3)28-19-11-10-17(12-20(19)27-4)13-21-22(25)24(23(26)29-21)14-18-9-7-6-8-15(18)2/h6-13,16H,5,14H2,1-4H3/b21-13-. The van der Waals surface area contributed by atoms with E-state index in [0.29, 0.717) is 16.4 Å². The van der Waals surface area contributed by atoms with Crippen molar-refractivity contribution in [2.75, 3.05) is 7.11 Å². The molecule has 0 radical (unpaired) electrons. The van der Waals surface area contributed by atoms with Crippen molar-refractivity contribution in [3.05, 3.63) is 64.1 Å². The molecule has 0 aromatic heterocycles. The van der Waals surface area contributed by atoms with Gasteiger partial charge in [-0.2, -0.15) is 0 Å². The Kier molecular flexibility index (Phi) is 6.64. The number of amides is 2. The second-order valence-corrected chi connectivity index (χ2v) is 7.93. The van der Waals surface area contributed by atoms with Crippen LogP contribution < -0.4 is 9.47 Å². The van der Waals surface area contributed by atoms with Gasteiger partial charge in [0.2, 0.25) is 0 Å². The fraction of sp³-hybridized carbons (Fsp3) is 0.304. The van der Waals surface area contributed by atoms with Crippen LogP contribution in [0.4, 0.5) is 4.79 Å². The van der Waals surface area contributed by atoms with Crippen molar-refractivity contribution in [3.8, 4) is 11.5 Å². The lowest BCUT2D eigenvalue weighted by Gasteiger charge is -2.16. The first-order valence-corrected chi connectivity index (χ1v) is 10.4. The summed E-state index contributed by atoms with van der Waals surface area (Å²) in [7, 11) is 1.58. The lowest BCUT2D eigenvalue weighted by atomic mass is 10.1. The van der Waals surface area contributed by atoms with Gasteiger partial charge in [-0.3, -0.25) is 14.5 Å². The van der Waals surface area contributed by atoms with Crippen LogP contribution in [0.25, 0.3) is 6.08 Å². The molecule has 1 heterocycles. The number of benzene rings is 2. The number of thioether (sulfide) groups is 1. The molecule has 1 fully saturated rings. The third-order valence-corrected chi connectivity index (χ3v) is 5.76. The summed E-state index contributed by atoms with van der Waals surface area (Å²) in [6.45, 7) is 6.30. The van der Waals surface area contributed by atoms with E-state index in [4.69, 9.17) is 9.47 Å². The molecule has 1 unspecified atom stereocenters. The normalized spacial score (nSPS) is 16.4. The van der Waals surface area contributed by atoms with E-state index in [2.05, 4.69) is 6.92 Å². The van der Waals surface area contributed by atoms with Crippen molar-refractivity contribution in [2.24, 2.45) is 0 Å². The highest BCUT2D eigenvalue weighted by molar-refractivity contribution is 8.18. The van der Waals surface area contributed by atoms with E-state index in [1.807, 2.05) is 56.3 Å². The fourth-order valence-electron chi connectivity index (χ4n) is 2.92. The van der Waals surface area contributed by atoms with Crippen LogP contribution in [0.5, 0.6) is 11.5 Å². The van der Waals surface area contributed by atoms with E-state index >= 15 is 0 Å². The number of nitrogens with zero attached hydrogens (tertiary/aromatic N) is 1. The number of rotatable bonds is 7. The van der Waals surface area contributed by atoms with Crippen molar-refractivity contribution in [3.63, 3.8) is 0 Å². The lowest BCUT2D eigenvalue weighted by molar-refractivity contribution is -0.123. The van der Waals surface area contributed by atoms with Gasteiger partial charge in [-0.15, -0.1) is 0 Å². The summed E-state index contributed by atoms with van der Waals surface area (Å²) in [4.78, 5) is 26.9. The highest BCUT2D eigenvalue weighted by Gasteiger charge is 2.35. The summed E-state index contributed by atoms with van der Waals surface area (Å²) in [5.74, 6) is 0.979. The molecule has 6 heteroatoms. The summed E-state index contributed by atoms with van der Waals surface area (Å²) < 4.78 is 11.3. The first kappa shape index (κ1) is 21.0. The van der Waals surface area contributed by atoms with E-state index in [1.165, 1.54) is 4.90 Å². The average Bonchev–Trinajstić information content (AvgIpc) is 2.97. The Bertz CT molecular complexity index is 954. The van der Waals surface area contributed by atoms with E-state index in [9.17, 15) is 9.59 Å². The largest absolute Gasteiger partial charge is 0.493 e. The second kappa shape index (κ2) is 9.18. The molecule has 152 valence electrons. The Hall–Kier alpha value is -2.73. The van der Waals surface area contributed by atoms with Gasteiger partial charge in [-0.05, 0) is 66.9 Å². The number of carbonyl (C=O) groups excluding carboxylic acids is 2. The van der Waals surface area contributed by atoms with Gasteiger partial charge in [-0.25, -0.2) is 0 Å². The van der Waals surface area contributed by atoms with E-state index in [0.717, 1.165) is 34.9 Å². The Labute approximate surface area is 175 Å². The molecule has 0 aliphatic carbocycles.